The molecule has 0 bridgehead atoms. The average molecular weight is 398 g/mol. The standard InChI is InChI=1S/C22H24F2N4O/c1-15(21-25-19-5-3-4-6-20(19)28(21)22(23)24)26-11-13-27(14-12-26)18-9-7-17(8-10-18)16(2)29/h3-10,15,22H,11-14H2,1-2H3/t15-/m0/s1. The van der Waals surface area contributed by atoms with Gasteiger partial charge in [0.25, 0.3) is 0 Å². The average Bonchev–Trinajstić information content (AvgIpc) is 3.13. The Labute approximate surface area is 168 Å². The first-order valence-corrected chi connectivity index (χ1v) is 9.80. The van der Waals surface area contributed by atoms with Crippen LogP contribution in [0.1, 0.15) is 42.6 Å². The van der Waals surface area contributed by atoms with Crippen molar-refractivity contribution < 1.29 is 13.6 Å². The third kappa shape index (κ3) is 3.74. The normalized spacial score (nSPS) is 16.5. The number of rotatable bonds is 5. The zero-order chi connectivity index (χ0) is 20.5. The van der Waals surface area contributed by atoms with Crippen molar-refractivity contribution in [3.63, 3.8) is 0 Å². The molecule has 0 N–H and O–H groups in total. The number of alkyl halides is 2. The molecule has 29 heavy (non-hydrogen) atoms. The first-order chi connectivity index (χ1) is 14.0. The molecule has 7 heteroatoms. The molecule has 0 spiro atoms. The van der Waals surface area contributed by atoms with Gasteiger partial charge in [0.2, 0.25) is 0 Å². The van der Waals surface area contributed by atoms with E-state index in [2.05, 4.69) is 14.8 Å². The second kappa shape index (κ2) is 7.91. The lowest BCUT2D eigenvalue weighted by Gasteiger charge is -2.39. The molecule has 0 amide bonds. The largest absolute Gasteiger partial charge is 0.369 e. The van der Waals surface area contributed by atoms with Crippen molar-refractivity contribution in [2.24, 2.45) is 0 Å². The molecular weight excluding hydrogens is 374 g/mol. The summed E-state index contributed by atoms with van der Waals surface area (Å²) in [5.41, 5.74) is 2.83. The van der Waals surface area contributed by atoms with E-state index in [0.29, 0.717) is 22.4 Å². The first-order valence-electron chi connectivity index (χ1n) is 9.80. The lowest BCUT2D eigenvalue weighted by Crippen LogP contribution is -2.47. The Kier molecular flexibility index (Phi) is 5.32. The summed E-state index contributed by atoms with van der Waals surface area (Å²) in [6.07, 6.45) is 0. The van der Waals surface area contributed by atoms with Gasteiger partial charge in [-0.2, -0.15) is 8.78 Å². The molecule has 1 aromatic heterocycles. The van der Waals surface area contributed by atoms with Crippen LogP contribution in [0.3, 0.4) is 0 Å². The summed E-state index contributed by atoms with van der Waals surface area (Å²) in [6, 6.07) is 14.4. The highest BCUT2D eigenvalue weighted by atomic mass is 19.3. The number of nitrogens with zero attached hydrogens (tertiary/aromatic N) is 4. The molecule has 0 aliphatic carbocycles. The summed E-state index contributed by atoms with van der Waals surface area (Å²) in [5.74, 6) is 0.456. The monoisotopic (exact) mass is 398 g/mol. The van der Waals surface area contributed by atoms with Gasteiger partial charge in [-0.3, -0.25) is 14.3 Å². The van der Waals surface area contributed by atoms with Gasteiger partial charge in [0.05, 0.1) is 17.1 Å². The number of hydrogen-bond acceptors (Lipinski definition) is 4. The number of fused-ring (bicyclic) bond motifs is 1. The van der Waals surface area contributed by atoms with Crippen LogP contribution in [0.25, 0.3) is 11.0 Å². The van der Waals surface area contributed by atoms with E-state index in [-0.39, 0.29) is 11.8 Å². The number of anilines is 1. The van der Waals surface area contributed by atoms with Crippen LogP contribution in [0.15, 0.2) is 48.5 Å². The molecule has 0 radical (unpaired) electrons. The second-order valence-electron chi connectivity index (χ2n) is 7.41. The van der Waals surface area contributed by atoms with Crippen LogP contribution in [0.2, 0.25) is 0 Å². The number of para-hydroxylation sites is 2. The lowest BCUT2D eigenvalue weighted by atomic mass is 10.1. The molecule has 2 heterocycles. The summed E-state index contributed by atoms with van der Waals surface area (Å²) < 4.78 is 28.6. The Morgan fingerprint density at radius 3 is 2.28 bits per heavy atom. The van der Waals surface area contributed by atoms with E-state index >= 15 is 0 Å². The predicted octanol–water partition coefficient (Wildman–Crippen LogP) is 4.52. The van der Waals surface area contributed by atoms with Crippen LogP contribution >= 0.6 is 0 Å². The van der Waals surface area contributed by atoms with Gasteiger partial charge in [-0.05, 0) is 50.2 Å². The molecule has 1 saturated heterocycles. The molecule has 4 rings (SSSR count). The number of benzene rings is 2. The highest BCUT2D eigenvalue weighted by Crippen LogP contribution is 2.30. The molecule has 152 valence electrons. The molecule has 5 nitrogen and oxygen atoms in total. The fraction of sp³-hybridized carbons (Fsp3) is 0.364. The van der Waals surface area contributed by atoms with E-state index < -0.39 is 6.55 Å². The zero-order valence-corrected chi connectivity index (χ0v) is 16.6. The highest BCUT2D eigenvalue weighted by Gasteiger charge is 2.28. The smallest absolute Gasteiger partial charge is 0.320 e. The zero-order valence-electron chi connectivity index (χ0n) is 16.6. The number of Topliss-reactive ketones (excluding diaryl/α,β-unsaturated/α-hetero) is 1. The third-order valence-electron chi connectivity index (χ3n) is 5.69. The number of aromatic nitrogens is 2. The van der Waals surface area contributed by atoms with E-state index in [0.717, 1.165) is 36.4 Å². The highest BCUT2D eigenvalue weighted by molar-refractivity contribution is 5.94. The van der Waals surface area contributed by atoms with Crippen molar-refractivity contribution in [1.82, 2.24) is 14.5 Å². The van der Waals surface area contributed by atoms with Crippen LogP contribution in [0.4, 0.5) is 14.5 Å². The summed E-state index contributed by atoms with van der Waals surface area (Å²) in [6.45, 7) is 3.96. The quantitative estimate of drug-likeness (QED) is 0.593. The number of piperazine rings is 1. The number of carbonyl (C=O) groups is 1. The van der Waals surface area contributed by atoms with Crippen LogP contribution in [0.5, 0.6) is 0 Å². The SMILES string of the molecule is CC(=O)c1ccc(N2CCN([C@@H](C)c3nc4ccccc4n3C(F)F)CC2)cc1. The maximum absolute atomic E-state index is 13.8. The van der Waals surface area contributed by atoms with Gasteiger partial charge in [0, 0.05) is 37.4 Å². The van der Waals surface area contributed by atoms with Gasteiger partial charge in [-0.1, -0.05) is 12.1 Å². The van der Waals surface area contributed by atoms with Crippen LogP contribution in [0, 0.1) is 0 Å². The first kappa shape index (κ1) is 19.5. The fourth-order valence-corrected chi connectivity index (χ4v) is 4.00. The van der Waals surface area contributed by atoms with Crippen LogP contribution < -0.4 is 4.90 Å². The van der Waals surface area contributed by atoms with Crippen LogP contribution in [-0.4, -0.2) is 46.4 Å². The Morgan fingerprint density at radius 2 is 1.66 bits per heavy atom. The minimum Gasteiger partial charge on any atom is -0.369 e. The molecule has 0 saturated carbocycles. The number of imidazole rings is 1. The second-order valence-corrected chi connectivity index (χ2v) is 7.41. The Hall–Kier alpha value is -2.80. The molecule has 0 unspecified atom stereocenters. The van der Waals surface area contributed by atoms with Gasteiger partial charge in [-0.15, -0.1) is 0 Å². The molecule has 1 atom stereocenters. The van der Waals surface area contributed by atoms with Gasteiger partial charge < -0.3 is 4.90 Å². The van der Waals surface area contributed by atoms with Crippen molar-refractivity contribution in [2.45, 2.75) is 26.4 Å². The number of carbonyl (C=O) groups excluding carboxylic acids is 1. The van der Waals surface area contributed by atoms with E-state index in [1.807, 2.05) is 37.3 Å². The molecular formula is C22H24F2N4O. The van der Waals surface area contributed by atoms with Gasteiger partial charge in [-0.25, -0.2) is 4.98 Å². The minimum atomic E-state index is -2.62. The number of hydrogen-bond donors (Lipinski definition) is 0. The number of halogens is 2. The molecule has 1 aliphatic rings. The summed E-state index contributed by atoms with van der Waals surface area (Å²) in [4.78, 5) is 20.4. The van der Waals surface area contributed by atoms with E-state index in [4.69, 9.17) is 0 Å². The van der Waals surface area contributed by atoms with Crippen molar-refractivity contribution in [3.05, 3.63) is 59.9 Å². The third-order valence-corrected chi connectivity index (χ3v) is 5.69. The maximum Gasteiger partial charge on any atom is 0.320 e. The molecule has 2 aromatic carbocycles. The molecule has 3 aromatic rings. The Bertz CT molecular complexity index is 1010. The summed E-state index contributed by atoms with van der Waals surface area (Å²) in [7, 11) is 0. The van der Waals surface area contributed by atoms with Crippen molar-refractivity contribution >= 4 is 22.5 Å². The molecule has 1 fully saturated rings. The Balaban J connectivity index is 1.49. The predicted molar refractivity (Wildman–Crippen MR) is 110 cm³/mol. The van der Waals surface area contributed by atoms with E-state index in [1.165, 1.54) is 0 Å². The van der Waals surface area contributed by atoms with Crippen molar-refractivity contribution in [2.75, 3.05) is 31.1 Å². The number of ketones is 1. The maximum atomic E-state index is 13.8. The van der Waals surface area contributed by atoms with Crippen molar-refractivity contribution in [1.29, 1.82) is 0 Å². The minimum absolute atomic E-state index is 0.0529. The van der Waals surface area contributed by atoms with E-state index in [1.54, 1.807) is 25.1 Å². The summed E-state index contributed by atoms with van der Waals surface area (Å²) >= 11 is 0. The summed E-state index contributed by atoms with van der Waals surface area (Å²) in [5, 5.41) is 0. The lowest BCUT2D eigenvalue weighted by molar-refractivity contribution is 0.0641. The van der Waals surface area contributed by atoms with Crippen molar-refractivity contribution in [3.8, 4) is 0 Å². The topological polar surface area (TPSA) is 41.4 Å². The van der Waals surface area contributed by atoms with Crippen LogP contribution in [-0.2, 0) is 0 Å². The van der Waals surface area contributed by atoms with Gasteiger partial charge >= 0.3 is 6.55 Å². The molecule has 1 aliphatic heterocycles. The van der Waals surface area contributed by atoms with Gasteiger partial charge in [0.1, 0.15) is 5.82 Å². The Morgan fingerprint density at radius 1 is 1.00 bits per heavy atom. The van der Waals surface area contributed by atoms with Gasteiger partial charge in [0.15, 0.2) is 5.78 Å². The van der Waals surface area contributed by atoms with E-state index in [9.17, 15) is 13.6 Å². The fourth-order valence-electron chi connectivity index (χ4n) is 4.00.